The number of aliphatic hydroxyl groups excluding tert-OH is 1. The van der Waals surface area contributed by atoms with Crippen LogP contribution in [0.4, 0.5) is 0 Å². The molecule has 0 spiro atoms. The highest BCUT2D eigenvalue weighted by atomic mass is 79.9. The van der Waals surface area contributed by atoms with Gasteiger partial charge in [-0.1, -0.05) is 18.6 Å². The Bertz CT molecular complexity index is 602. The number of aliphatic hydroxyl groups is 1. The van der Waals surface area contributed by atoms with E-state index in [0.29, 0.717) is 24.2 Å². The Labute approximate surface area is 131 Å². The molecule has 2 atom stereocenters. The Morgan fingerprint density at radius 2 is 2.14 bits per heavy atom. The van der Waals surface area contributed by atoms with E-state index in [1.807, 2.05) is 24.3 Å². The zero-order chi connectivity index (χ0) is 14.7. The highest BCUT2D eigenvalue weighted by Crippen LogP contribution is 2.27. The van der Waals surface area contributed by atoms with E-state index >= 15 is 0 Å². The summed E-state index contributed by atoms with van der Waals surface area (Å²) in [6, 6.07) is 7.76. The summed E-state index contributed by atoms with van der Waals surface area (Å²) >= 11 is 3.47. The maximum absolute atomic E-state index is 9.77. The van der Waals surface area contributed by atoms with Gasteiger partial charge in [-0.15, -0.1) is 10.2 Å². The van der Waals surface area contributed by atoms with E-state index in [-0.39, 0.29) is 6.10 Å². The minimum atomic E-state index is -0.170. The summed E-state index contributed by atoms with van der Waals surface area (Å²) in [5, 5.41) is 21.2. The van der Waals surface area contributed by atoms with Crippen LogP contribution >= 0.6 is 15.9 Å². The lowest BCUT2D eigenvalue weighted by molar-refractivity contribution is 0.131. The van der Waals surface area contributed by atoms with Crippen molar-refractivity contribution in [3.8, 4) is 11.5 Å². The molecular weight excluding hydrogens is 334 g/mol. The molecule has 112 valence electrons. The average molecular weight is 352 g/mol. The van der Waals surface area contributed by atoms with Crippen molar-refractivity contribution >= 4 is 15.9 Å². The lowest BCUT2D eigenvalue weighted by Gasteiger charge is -2.13. The maximum Gasteiger partial charge on any atom is 0.248 e. The first-order valence-electron chi connectivity index (χ1n) is 7.20. The standard InChI is InChI=1S/C15H18BrN3O2/c16-12-6-2-1-5-11(12)15-19-18-14(21-15)9-17-8-10-4-3-7-13(10)20/h1-2,5-6,10,13,17,20H,3-4,7-9H2. The minimum absolute atomic E-state index is 0.170. The van der Waals surface area contributed by atoms with E-state index < -0.39 is 0 Å². The highest BCUT2D eigenvalue weighted by Gasteiger charge is 2.24. The van der Waals surface area contributed by atoms with Gasteiger partial charge in [-0.3, -0.25) is 0 Å². The van der Waals surface area contributed by atoms with Crippen molar-refractivity contribution < 1.29 is 9.52 Å². The number of nitrogens with zero attached hydrogens (tertiary/aromatic N) is 2. The molecule has 1 aromatic carbocycles. The Hall–Kier alpha value is -1.24. The second-order valence-corrected chi connectivity index (χ2v) is 6.22. The second-order valence-electron chi connectivity index (χ2n) is 5.37. The van der Waals surface area contributed by atoms with Gasteiger partial charge in [0.25, 0.3) is 0 Å². The van der Waals surface area contributed by atoms with Gasteiger partial charge in [-0.25, -0.2) is 0 Å². The maximum atomic E-state index is 9.77. The fourth-order valence-electron chi connectivity index (χ4n) is 2.69. The van der Waals surface area contributed by atoms with Crippen molar-refractivity contribution in [3.05, 3.63) is 34.6 Å². The molecule has 0 radical (unpaired) electrons. The van der Waals surface area contributed by atoms with Crippen molar-refractivity contribution in [2.45, 2.75) is 31.9 Å². The Kier molecular flexibility index (Phi) is 4.67. The second kappa shape index (κ2) is 6.68. The molecular formula is C15H18BrN3O2. The van der Waals surface area contributed by atoms with Crippen LogP contribution < -0.4 is 5.32 Å². The number of benzene rings is 1. The summed E-state index contributed by atoms with van der Waals surface area (Å²) in [4.78, 5) is 0. The topological polar surface area (TPSA) is 71.2 Å². The first-order valence-corrected chi connectivity index (χ1v) is 7.99. The molecule has 2 aromatic rings. The molecule has 0 amide bonds. The van der Waals surface area contributed by atoms with Crippen LogP contribution in [-0.4, -0.2) is 28.0 Å². The van der Waals surface area contributed by atoms with Gasteiger partial charge in [-0.2, -0.15) is 0 Å². The van der Waals surface area contributed by atoms with Gasteiger partial charge in [0.05, 0.1) is 18.2 Å². The Balaban J connectivity index is 1.57. The van der Waals surface area contributed by atoms with Gasteiger partial charge >= 0.3 is 0 Å². The molecule has 2 N–H and O–H groups in total. The zero-order valence-corrected chi connectivity index (χ0v) is 13.2. The number of aromatic nitrogens is 2. The molecule has 0 aliphatic heterocycles. The quantitative estimate of drug-likeness (QED) is 0.866. The first kappa shape index (κ1) is 14.7. The van der Waals surface area contributed by atoms with Crippen molar-refractivity contribution in [3.63, 3.8) is 0 Å². The van der Waals surface area contributed by atoms with Crippen LogP contribution in [0.1, 0.15) is 25.2 Å². The molecule has 6 heteroatoms. The number of hydrogen-bond acceptors (Lipinski definition) is 5. The molecule has 5 nitrogen and oxygen atoms in total. The van der Waals surface area contributed by atoms with Gasteiger partial charge in [0.2, 0.25) is 11.8 Å². The van der Waals surface area contributed by atoms with Crippen LogP contribution in [0.2, 0.25) is 0 Å². The molecule has 1 aromatic heterocycles. The smallest absolute Gasteiger partial charge is 0.248 e. The van der Waals surface area contributed by atoms with E-state index in [0.717, 1.165) is 35.8 Å². The SMILES string of the molecule is OC1CCCC1CNCc1nnc(-c2ccccc2Br)o1. The lowest BCUT2D eigenvalue weighted by Crippen LogP contribution is -2.27. The number of rotatable bonds is 5. The van der Waals surface area contributed by atoms with E-state index in [1.54, 1.807) is 0 Å². The van der Waals surface area contributed by atoms with Crippen LogP contribution in [-0.2, 0) is 6.54 Å². The average Bonchev–Trinajstić information content (AvgIpc) is 3.10. The van der Waals surface area contributed by atoms with Gasteiger partial charge in [-0.05, 0) is 46.8 Å². The fraction of sp³-hybridized carbons (Fsp3) is 0.467. The molecule has 0 bridgehead atoms. The van der Waals surface area contributed by atoms with Crippen molar-refractivity contribution in [2.24, 2.45) is 5.92 Å². The van der Waals surface area contributed by atoms with E-state index in [2.05, 4.69) is 31.4 Å². The van der Waals surface area contributed by atoms with Crippen LogP contribution in [0, 0.1) is 5.92 Å². The zero-order valence-electron chi connectivity index (χ0n) is 11.6. The summed E-state index contributed by atoms with van der Waals surface area (Å²) in [6.45, 7) is 1.31. The lowest BCUT2D eigenvalue weighted by atomic mass is 10.1. The van der Waals surface area contributed by atoms with Crippen molar-refractivity contribution in [2.75, 3.05) is 6.54 Å². The monoisotopic (exact) mass is 351 g/mol. The van der Waals surface area contributed by atoms with Crippen molar-refractivity contribution in [1.82, 2.24) is 15.5 Å². The number of hydrogen-bond donors (Lipinski definition) is 2. The number of nitrogens with one attached hydrogen (secondary N) is 1. The van der Waals surface area contributed by atoms with Crippen LogP contribution in [0.25, 0.3) is 11.5 Å². The highest BCUT2D eigenvalue weighted by molar-refractivity contribution is 9.10. The van der Waals surface area contributed by atoms with Gasteiger partial charge in [0, 0.05) is 11.0 Å². The minimum Gasteiger partial charge on any atom is -0.419 e. The summed E-state index contributed by atoms with van der Waals surface area (Å²) in [5.41, 5.74) is 0.891. The fourth-order valence-corrected chi connectivity index (χ4v) is 3.14. The molecule has 3 rings (SSSR count). The first-order chi connectivity index (χ1) is 10.2. The predicted octanol–water partition coefficient (Wildman–Crippen LogP) is 2.75. The largest absolute Gasteiger partial charge is 0.419 e. The number of halogens is 1. The molecule has 1 aliphatic rings. The van der Waals surface area contributed by atoms with E-state index in [9.17, 15) is 5.11 Å². The molecule has 1 heterocycles. The molecule has 0 saturated heterocycles. The molecule has 2 unspecified atom stereocenters. The van der Waals surface area contributed by atoms with Crippen molar-refractivity contribution in [1.29, 1.82) is 0 Å². The third-order valence-corrected chi connectivity index (χ3v) is 4.56. The summed E-state index contributed by atoms with van der Waals surface area (Å²) in [5.74, 6) is 1.42. The van der Waals surface area contributed by atoms with E-state index in [1.165, 1.54) is 0 Å². The molecule has 21 heavy (non-hydrogen) atoms. The van der Waals surface area contributed by atoms with Gasteiger partial charge in [0.15, 0.2) is 0 Å². The summed E-state index contributed by atoms with van der Waals surface area (Å²) < 4.78 is 6.60. The molecule has 1 saturated carbocycles. The van der Waals surface area contributed by atoms with Gasteiger partial charge in [0.1, 0.15) is 0 Å². The Morgan fingerprint density at radius 1 is 1.29 bits per heavy atom. The predicted molar refractivity (Wildman–Crippen MR) is 82.5 cm³/mol. The normalized spacial score (nSPS) is 21.8. The van der Waals surface area contributed by atoms with Crippen LogP contribution in [0.3, 0.4) is 0 Å². The molecule has 1 aliphatic carbocycles. The Morgan fingerprint density at radius 3 is 2.90 bits per heavy atom. The van der Waals surface area contributed by atoms with Crippen LogP contribution in [0.5, 0.6) is 0 Å². The summed E-state index contributed by atoms with van der Waals surface area (Å²) in [6.07, 6.45) is 2.94. The molecule has 1 fully saturated rings. The third kappa shape index (κ3) is 3.51. The van der Waals surface area contributed by atoms with E-state index in [4.69, 9.17) is 4.42 Å². The summed E-state index contributed by atoms with van der Waals surface area (Å²) in [7, 11) is 0. The third-order valence-electron chi connectivity index (χ3n) is 3.87. The van der Waals surface area contributed by atoms with Gasteiger partial charge < -0.3 is 14.8 Å². The van der Waals surface area contributed by atoms with Crippen LogP contribution in [0.15, 0.2) is 33.2 Å².